The first-order valence-electron chi connectivity index (χ1n) is 6.18. The largest absolute Gasteiger partial charge is 0.478 e. The van der Waals surface area contributed by atoms with Crippen LogP contribution in [0.1, 0.15) is 39.7 Å². The minimum absolute atomic E-state index is 0.0261. The van der Waals surface area contributed by atoms with Gasteiger partial charge in [-0.15, -0.1) is 11.3 Å². The van der Waals surface area contributed by atoms with Crippen molar-refractivity contribution in [3.05, 3.63) is 56.1 Å². The number of aromatic carboxylic acids is 1. The quantitative estimate of drug-likeness (QED) is 0.916. The number of pyridine rings is 1. The molecule has 0 aromatic carbocycles. The first-order chi connectivity index (χ1) is 9.16. The van der Waals surface area contributed by atoms with Crippen molar-refractivity contribution >= 4 is 17.3 Å². The Morgan fingerprint density at radius 3 is 3.00 bits per heavy atom. The number of thiophene rings is 1. The summed E-state index contributed by atoms with van der Waals surface area (Å²) in [6, 6.07) is 4.72. The van der Waals surface area contributed by atoms with Gasteiger partial charge in [-0.1, -0.05) is 0 Å². The summed E-state index contributed by atoms with van der Waals surface area (Å²) >= 11 is 1.71. The lowest BCUT2D eigenvalue weighted by molar-refractivity contribution is 0.0695. The van der Waals surface area contributed by atoms with E-state index in [4.69, 9.17) is 5.11 Å². The molecular weight excluding hydrogens is 262 g/mol. The van der Waals surface area contributed by atoms with E-state index in [-0.39, 0.29) is 17.2 Å². The molecule has 1 N–H and O–H groups in total. The summed E-state index contributed by atoms with van der Waals surface area (Å²) in [5.74, 6) is -1.00. The molecule has 0 bridgehead atoms. The van der Waals surface area contributed by atoms with E-state index < -0.39 is 5.97 Å². The Hall–Kier alpha value is -1.88. The molecule has 2 aromatic heterocycles. The Balaban J connectivity index is 2.11. The molecule has 0 amide bonds. The fourth-order valence-electron chi connectivity index (χ4n) is 2.62. The second-order valence-corrected chi connectivity index (χ2v) is 5.68. The highest BCUT2D eigenvalue weighted by molar-refractivity contribution is 7.10. The minimum Gasteiger partial charge on any atom is -0.478 e. The van der Waals surface area contributed by atoms with Crippen LogP contribution in [0.25, 0.3) is 0 Å². The van der Waals surface area contributed by atoms with E-state index in [1.807, 2.05) is 11.4 Å². The number of fused-ring (bicyclic) bond motifs is 1. The van der Waals surface area contributed by atoms with Crippen molar-refractivity contribution in [1.82, 2.24) is 4.57 Å². The second-order valence-electron chi connectivity index (χ2n) is 4.68. The first-order valence-corrected chi connectivity index (χ1v) is 7.06. The normalized spacial score (nSPS) is 18.0. The fraction of sp³-hybridized carbons (Fsp3) is 0.286. The molecule has 2 heterocycles. The van der Waals surface area contributed by atoms with Gasteiger partial charge >= 0.3 is 5.97 Å². The number of aromatic nitrogens is 1. The summed E-state index contributed by atoms with van der Waals surface area (Å²) in [6.45, 7) is 0. The number of hydrogen-bond acceptors (Lipinski definition) is 3. The highest BCUT2D eigenvalue weighted by atomic mass is 32.1. The molecule has 19 heavy (non-hydrogen) atoms. The van der Waals surface area contributed by atoms with E-state index >= 15 is 0 Å². The standard InChI is InChI=1S/C14H13NO3S/c16-13-5-4-9(14(17)18)8-15(13)11-2-1-3-12-10(11)6-7-19-12/h4-8,11H,1-3H2,(H,17,18). The minimum atomic E-state index is -1.00. The number of nitrogens with zero attached hydrogens (tertiary/aromatic N) is 1. The lowest BCUT2D eigenvalue weighted by atomic mass is 9.93. The lowest BCUT2D eigenvalue weighted by Gasteiger charge is -2.24. The first kappa shape index (κ1) is 12.2. The zero-order chi connectivity index (χ0) is 13.4. The van der Waals surface area contributed by atoms with Crippen LogP contribution in [0, 0.1) is 0 Å². The molecule has 1 aliphatic carbocycles. The molecule has 0 saturated carbocycles. The van der Waals surface area contributed by atoms with E-state index in [1.54, 1.807) is 15.9 Å². The Labute approximate surface area is 113 Å². The number of carbonyl (C=O) groups is 1. The fourth-order valence-corrected chi connectivity index (χ4v) is 3.61. The molecule has 0 spiro atoms. The molecule has 2 aromatic rings. The van der Waals surface area contributed by atoms with Crippen LogP contribution >= 0.6 is 11.3 Å². The van der Waals surface area contributed by atoms with Crippen LogP contribution in [0.3, 0.4) is 0 Å². The molecule has 98 valence electrons. The van der Waals surface area contributed by atoms with Gasteiger partial charge in [-0.3, -0.25) is 4.79 Å². The third-order valence-corrected chi connectivity index (χ3v) is 4.54. The zero-order valence-electron chi connectivity index (χ0n) is 10.2. The van der Waals surface area contributed by atoms with Crippen LogP contribution in [-0.4, -0.2) is 15.6 Å². The summed E-state index contributed by atoms with van der Waals surface area (Å²) in [5, 5.41) is 11.1. The van der Waals surface area contributed by atoms with E-state index in [0.717, 1.165) is 19.3 Å². The third kappa shape index (κ3) is 2.10. The van der Waals surface area contributed by atoms with Crippen molar-refractivity contribution in [3.63, 3.8) is 0 Å². The Bertz CT molecular complexity index is 686. The van der Waals surface area contributed by atoms with Gasteiger partial charge in [0.05, 0.1) is 11.6 Å². The van der Waals surface area contributed by atoms with Gasteiger partial charge in [-0.05, 0) is 42.3 Å². The van der Waals surface area contributed by atoms with Gasteiger partial charge in [-0.2, -0.15) is 0 Å². The summed E-state index contributed by atoms with van der Waals surface area (Å²) in [4.78, 5) is 24.3. The maximum absolute atomic E-state index is 12.0. The number of hydrogen-bond donors (Lipinski definition) is 1. The van der Waals surface area contributed by atoms with Crippen molar-refractivity contribution in [2.75, 3.05) is 0 Å². The van der Waals surface area contributed by atoms with Gasteiger partial charge < -0.3 is 9.67 Å². The Morgan fingerprint density at radius 2 is 2.21 bits per heavy atom. The zero-order valence-corrected chi connectivity index (χ0v) is 11.0. The lowest BCUT2D eigenvalue weighted by Crippen LogP contribution is -2.27. The molecule has 0 aliphatic heterocycles. The van der Waals surface area contributed by atoms with Crippen molar-refractivity contribution in [3.8, 4) is 0 Å². The predicted molar refractivity (Wildman–Crippen MR) is 73.1 cm³/mol. The average Bonchev–Trinajstić information content (AvgIpc) is 2.87. The molecule has 1 aliphatic rings. The average molecular weight is 275 g/mol. The smallest absolute Gasteiger partial charge is 0.337 e. The van der Waals surface area contributed by atoms with Gasteiger partial charge in [0.15, 0.2) is 0 Å². The monoisotopic (exact) mass is 275 g/mol. The second kappa shape index (κ2) is 4.66. The van der Waals surface area contributed by atoms with Gasteiger partial charge in [-0.25, -0.2) is 4.79 Å². The van der Waals surface area contributed by atoms with Crippen molar-refractivity contribution < 1.29 is 9.90 Å². The van der Waals surface area contributed by atoms with E-state index in [1.165, 1.54) is 28.8 Å². The summed E-state index contributed by atoms with van der Waals surface area (Å²) in [6.07, 6.45) is 4.42. The number of rotatable bonds is 2. The van der Waals surface area contributed by atoms with Crippen LogP contribution < -0.4 is 5.56 Å². The molecule has 1 unspecified atom stereocenters. The van der Waals surface area contributed by atoms with Crippen molar-refractivity contribution in [2.45, 2.75) is 25.3 Å². The van der Waals surface area contributed by atoms with Gasteiger partial charge in [0.1, 0.15) is 0 Å². The molecule has 5 heteroatoms. The molecule has 3 rings (SSSR count). The van der Waals surface area contributed by atoms with Crippen LogP contribution in [0.15, 0.2) is 34.6 Å². The Morgan fingerprint density at radius 1 is 1.37 bits per heavy atom. The summed E-state index contributed by atoms with van der Waals surface area (Å²) < 4.78 is 1.56. The highest BCUT2D eigenvalue weighted by Crippen LogP contribution is 2.35. The number of carboxylic acid groups (broad SMARTS) is 1. The summed E-state index contributed by atoms with van der Waals surface area (Å²) in [7, 11) is 0. The van der Waals surface area contributed by atoms with Gasteiger partial charge in [0, 0.05) is 17.1 Å². The molecule has 4 nitrogen and oxygen atoms in total. The van der Waals surface area contributed by atoms with Crippen LogP contribution in [0.4, 0.5) is 0 Å². The molecule has 0 saturated heterocycles. The topological polar surface area (TPSA) is 59.3 Å². The van der Waals surface area contributed by atoms with Crippen molar-refractivity contribution in [2.24, 2.45) is 0 Å². The summed E-state index contributed by atoms with van der Waals surface area (Å²) in [5.41, 5.74) is 1.18. The van der Waals surface area contributed by atoms with Gasteiger partial charge in [0.2, 0.25) is 0 Å². The number of aryl methyl sites for hydroxylation is 1. The SMILES string of the molecule is O=C(O)c1ccc(=O)n(C2CCCc3sccc32)c1. The van der Waals surface area contributed by atoms with Crippen LogP contribution in [-0.2, 0) is 6.42 Å². The molecule has 0 radical (unpaired) electrons. The van der Waals surface area contributed by atoms with Crippen LogP contribution in [0.2, 0.25) is 0 Å². The molecule has 0 fully saturated rings. The van der Waals surface area contributed by atoms with Crippen LogP contribution in [0.5, 0.6) is 0 Å². The van der Waals surface area contributed by atoms with E-state index in [2.05, 4.69) is 0 Å². The van der Waals surface area contributed by atoms with E-state index in [0.29, 0.717) is 0 Å². The maximum Gasteiger partial charge on any atom is 0.337 e. The predicted octanol–water partition coefficient (Wildman–Crippen LogP) is 2.53. The van der Waals surface area contributed by atoms with Crippen molar-refractivity contribution in [1.29, 1.82) is 0 Å². The number of carboxylic acids is 1. The maximum atomic E-state index is 12.0. The Kier molecular flexibility index (Phi) is 2.98. The molecule has 1 atom stereocenters. The van der Waals surface area contributed by atoms with E-state index in [9.17, 15) is 9.59 Å². The molecular formula is C14H13NO3S. The highest BCUT2D eigenvalue weighted by Gasteiger charge is 2.23. The third-order valence-electron chi connectivity index (χ3n) is 3.54. The van der Waals surface area contributed by atoms with Gasteiger partial charge in [0.25, 0.3) is 5.56 Å².